The van der Waals surface area contributed by atoms with Gasteiger partial charge >= 0.3 is 0 Å². The van der Waals surface area contributed by atoms with Crippen LogP contribution in [0.4, 0.5) is 11.6 Å². The van der Waals surface area contributed by atoms with Gasteiger partial charge in [-0.2, -0.15) is 0 Å². The second kappa shape index (κ2) is 7.59. The van der Waals surface area contributed by atoms with Crippen molar-refractivity contribution in [2.75, 3.05) is 23.7 Å². The molecule has 21 heavy (non-hydrogen) atoms. The van der Waals surface area contributed by atoms with Crippen molar-refractivity contribution in [3.8, 4) is 0 Å². The van der Waals surface area contributed by atoms with Crippen LogP contribution < -0.4 is 10.6 Å². The number of aliphatic hydroxyl groups excluding tert-OH is 1. The first kappa shape index (κ1) is 16.0. The molecule has 2 rings (SSSR count). The molecule has 0 bridgehead atoms. The molecule has 1 fully saturated rings. The highest BCUT2D eigenvalue weighted by atomic mass is 16.3. The lowest BCUT2D eigenvalue weighted by molar-refractivity contribution is 0.183. The first-order valence-electron chi connectivity index (χ1n) is 8.16. The minimum absolute atomic E-state index is 0.234. The van der Waals surface area contributed by atoms with Crippen molar-refractivity contribution < 1.29 is 5.11 Å². The van der Waals surface area contributed by atoms with E-state index in [1.165, 1.54) is 12.8 Å². The number of hydrogen-bond donors (Lipinski definition) is 3. The summed E-state index contributed by atoms with van der Waals surface area (Å²) < 4.78 is 0. The lowest BCUT2D eigenvalue weighted by atomic mass is 10.2. The van der Waals surface area contributed by atoms with E-state index in [2.05, 4.69) is 29.5 Å². The molecule has 0 aliphatic heterocycles. The van der Waals surface area contributed by atoms with Gasteiger partial charge in [0, 0.05) is 24.6 Å². The largest absolute Gasteiger partial charge is 0.393 e. The van der Waals surface area contributed by atoms with Crippen molar-refractivity contribution in [1.29, 1.82) is 0 Å². The summed E-state index contributed by atoms with van der Waals surface area (Å²) in [7, 11) is 0. The van der Waals surface area contributed by atoms with E-state index in [4.69, 9.17) is 4.98 Å². The summed E-state index contributed by atoms with van der Waals surface area (Å²) in [5.74, 6) is 3.42. The third-order valence-corrected chi connectivity index (χ3v) is 3.74. The van der Waals surface area contributed by atoms with Gasteiger partial charge in [0.05, 0.1) is 6.10 Å². The molecule has 0 radical (unpaired) electrons. The molecule has 1 saturated carbocycles. The van der Waals surface area contributed by atoms with Gasteiger partial charge < -0.3 is 15.7 Å². The molecule has 5 heteroatoms. The summed E-state index contributed by atoms with van der Waals surface area (Å²) >= 11 is 0. The highest BCUT2D eigenvalue weighted by Gasteiger charge is 2.28. The predicted octanol–water partition coefficient (Wildman–Crippen LogP) is 3.06. The minimum atomic E-state index is -0.234. The molecule has 0 saturated heterocycles. The zero-order chi connectivity index (χ0) is 15.2. The van der Waals surface area contributed by atoms with Crippen molar-refractivity contribution in [2.24, 2.45) is 0 Å². The molecule has 5 nitrogen and oxygen atoms in total. The monoisotopic (exact) mass is 292 g/mol. The molecule has 1 heterocycles. The number of aliphatic hydroxyl groups is 1. The third kappa shape index (κ3) is 4.84. The highest BCUT2D eigenvalue weighted by molar-refractivity contribution is 5.57. The van der Waals surface area contributed by atoms with Crippen LogP contribution in [0.5, 0.6) is 0 Å². The SMILES string of the molecule is CCCNc1nc(C2CC2)nc(NCCCC(C)O)c1C. The van der Waals surface area contributed by atoms with Crippen molar-refractivity contribution in [3.05, 3.63) is 11.4 Å². The fourth-order valence-corrected chi connectivity index (χ4v) is 2.25. The molecular weight excluding hydrogens is 264 g/mol. The van der Waals surface area contributed by atoms with E-state index in [1.807, 2.05) is 6.92 Å². The Hall–Kier alpha value is -1.36. The summed E-state index contributed by atoms with van der Waals surface area (Å²) in [6.07, 6.45) is 5.02. The van der Waals surface area contributed by atoms with Gasteiger partial charge in [-0.15, -0.1) is 0 Å². The molecule has 0 spiro atoms. The summed E-state index contributed by atoms with van der Waals surface area (Å²) in [5, 5.41) is 16.1. The Kier molecular flexibility index (Phi) is 5.79. The van der Waals surface area contributed by atoms with Gasteiger partial charge in [0.2, 0.25) is 0 Å². The molecule has 3 N–H and O–H groups in total. The van der Waals surface area contributed by atoms with Crippen molar-refractivity contribution in [3.63, 3.8) is 0 Å². The van der Waals surface area contributed by atoms with E-state index in [0.717, 1.165) is 55.4 Å². The van der Waals surface area contributed by atoms with Crippen LogP contribution >= 0.6 is 0 Å². The summed E-state index contributed by atoms with van der Waals surface area (Å²) in [6, 6.07) is 0. The van der Waals surface area contributed by atoms with E-state index in [1.54, 1.807) is 0 Å². The van der Waals surface area contributed by atoms with Gasteiger partial charge in [0.25, 0.3) is 0 Å². The average Bonchev–Trinajstić information content (AvgIpc) is 3.28. The van der Waals surface area contributed by atoms with E-state index in [0.29, 0.717) is 5.92 Å². The number of rotatable bonds is 9. The number of nitrogens with zero attached hydrogens (tertiary/aromatic N) is 2. The maximum absolute atomic E-state index is 9.31. The smallest absolute Gasteiger partial charge is 0.136 e. The van der Waals surface area contributed by atoms with Crippen molar-refractivity contribution >= 4 is 11.6 Å². The van der Waals surface area contributed by atoms with Crippen LogP contribution in [0.3, 0.4) is 0 Å². The van der Waals surface area contributed by atoms with E-state index in [9.17, 15) is 5.11 Å². The standard InChI is InChI=1S/C16H28N4O/c1-4-9-17-14-12(3)15(18-10-5-6-11(2)21)20-16(19-14)13-7-8-13/h11,13,21H,4-10H2,1-3H3,(H2,17,18,19,20). The highest BCUT2D eigenvalue weighted by Crippen LogP contribution is 2.39. The van der Waals surface area contributed by atoms with Gasteiger partial charge in [-0.1, -0.05) is 6.92 Å². The normalized spacial score (nSPS) is 15.8. The number of anilines is 2. The molecule has 1 atom stereocenters. The number of nitrogens with one attached hydrogen (secondary N) is 2. The first-order valence-corrected chi connectivity index (χ1v) is 8.16. The Labute approximate surface area is 127 Å². The molecule has 1 aliphatic rings. The second-order valence-corrected chi connectivity index (χ2v) is 6.02. The minimum Gasteiger partial charge on any atom is -0.393 e. The Morgan fingerprint density at radius 2 is 1.81 bits per heavy atom. The summed E-state index contributed by atoms with van der Waals surface area (Å²) in [5.41, 5.74) is 1.09. The zero-order valence-corrected chi connectivity index (χ0v) is 13.4. The Morgan fingerprint density at radius 3 is 2.33 bits per heavy atom. The van der Waals surface area contributed by atoms with Crippen LogP contribution in [0, 0.1) is 6.92 Å². The molecule has 1 unspecified atom stereocenters. The van der Waals surface area contributed by atoms with Crippen LogP contribution in [0.15, 0.2) is 0 Å². The Bertz CT molecular complexity index is 458. The van der Waals surface area contributed by atoms with E-state index >= 15 is 0 Å². The lowest BCUT2D eigenvalue weighted by Crippen LogP contribution is -2.13. The predicted molar refractivity (Wildman–Crippen MR) is 86.9 cm³/mol. The van der Waals surface area contributed by atoms with Gasteiger partial charge in [0.1, 0.15) is 17.5 Å². The average molecular weight is 292 g/mol. The molecule has 1 aromatic rings. The fraction of sp³-hybridized carbons (Fsp3) is 0.750. The van der Waals surface area contributed by atoms with E-state index < -0.39 is 0 Å². The van der Waals surface area contributed by atoms with Crippen LogP contribution in [0.2, 0.25) is 0 Å². The molecule has 1 aliphatic carbocycles. The maximum Gasteiger partial charge on any atom is 0.136 e. The second-order valence-electron chi connectivity index (χ2n) is 6.02. The quantitative estimate of drug-likeness (QED) is 0.610. The van der Waals surface area contributed by atoms with Gasteiger partial charge in [-0.05, 0) is 46.0 Å². The van der Waals surface area contributed by atoms with Crippen LogP contribution in [-0.4, -0.2) is 34.3 Å². The number of hydrogen-bond acceptors (Lipinski definition) is 5. The Morgan fingerprint density at radius 1 is 1.19 bits per heavy atom. The zero-order valence-electron chi connectivity index (χ0n) is 13.4. The van der Waals surface area contributed by atoms with Crippen LogP contribution in [-0.2, 0) is 0 Å². The van der Waals surface area contributed by atoms with Crippen LogP contribution in [0.25, 0.3) is 0 Å². The third-order valence-electron chi connectivity index (χ3n) is 3.74. The fourth-order valence-electron chi connectivity index (χ4n) is 2.25. The van der Waals surface area contributed by atoms with Gasteiger partial charge in [-0.3, -0.25) is 0 Å². The number of aromatic nitrogens is 2. The Balaban J connectivity index is 2.04. The van der Waals surface area contributed by atoms with E-state index in [-0.39, 0.29) is 6.10 Å². The molecular formula is C16H28N4O. The van der Waals surface area contributed by atoms with Gasteiger partial charge in [0.15, 0.2) is 0 Å². The first-order chi connectivity index (χ1) is 10.1. The lowest BCUT2D eigenvalue weighted by Gasteiger charge is -2.15. The van der Waals surface area contributed by atoms with Crippen molar-refractivity contribution in [2.45, 2.75) is 64.9 Å². The maximum atomic E-state index is 9.31. The molecule has 118 valence electrons. The topological polar surface area (TPSA) is 70.1 Å². The summed E-state index contributed by atoms with van der Waals surface area (Å²) in [6.45, 7) is 7.81. The van der Waals surface area contributed by atoms with Crippen molar-refractivity contribution in [1.82, 2.24) is 9.97 Å². The molecule has 1 aromatic heterocycles. The molecule has 0 aromatic carbocycles. The van der Waals surface area contributed by atoms with Crippen LogP contribution in [0.1, 0.15) is 63.3 Å². The van der Waals surface area contributed by atoms with Gasteiger partial charge in [-0.25, -0.2) is 9.97 Å². The molecule has 0 amide bonds. The summed E-state index contributed by atoms with van der Waals surface area (Å²) in [4.78, 5) is 9.38.